The van der Waals surface area contributed by atoms with Crippen LogP contribution >= 0.6 is 0 Å². The van der Waals surface area contributed by atoms with Gasteiger partial charge in [-0.05, 0) is 18.3 Å². The Morgan fingerprint density at radius 3 is 2.26 bits per heavy atom. The lowest BCUT2D eigenvalue weighted by molar-refractivity contribution is 0.0252. The number of methoxy groups -OCH3 is 1. The summed E-state index contributed by atoms with van der Waals surface area (Å²) in [5, 5.41) is 12.2. The van der Waals surface area contributed by atoms with E-state index in [0.717, 1.165) is 25.9 Å². The fourth-order valence-corrected chi connectivity index (χ4v) is 1.68. The number of aliphatic hydroxyl groups is 1. The molecule has 0 unspecified atom stereocenters. The molecule has 0 rings (SSSR count). The third-order valence-electron chi connectivity index (χ3n) is 2.84. The van der Waals surface area contributed by atoms with E-state index < -0.39 is 0 Å². The summed E-state index contributed by atoms with van der Waals surface area (Å²) in [6, 6.07) is 0. The number of aliphatic hydroxyl groups excluding tert-OH is 1. The lowest BCUT2D eigenvalue weighted by Gasteiger charge is -2.24. The Bertz CT molecular complexity index is 188. The summed E-state index contributed by atoms with van der Waals surface area (Å²) >= 11 is 0. The fraction of sp³-hybridized carbons (Fsp3) is 1.00. The third-order valence-corrected chi connectivity index (χ3v) is 2.84. The van der Waals surface area contributed by atoms with Crippen molar-refractivity contribution in [3.05, 3.63) is 0 Å². The van der Waals surface area contributed by atoms with Gasteiger partial charge in [0.25, 0.3) is 0 Å². The first-order valence-electron chi connectivity index (χ1n) is 7.08. The minimum atomic E-state index is 0.228. The van der Waals surface area contributed by atoms with Crippen LogP contribution in [0.3, 0.4) is 0 Å². The minimum absolute atomic E-state index is 0.228. The van der Waals surface area contributed by atoms with E-state index in [-0.39, 0.29) is 12.0 Å². The predicted octanol–water partition coefficient (Wildman–Crippen LogP) is 1.05. The molecule has 0 aromatic carbocycles. The zero-order chi connectivity index (χ0) is 14.4. The molecule has 0 aromatic heterocycles. The van der Waals surface area contributed by atoms with Crippen LogP contribution in [0, 0.1) is 5.41 Å². The first kappa shape index (κ1) is 18.8. The largest absolute Gasteiger partial charge is 0.396 e. The van der Waals surface area contributed by atoms with Gasteiger partial charge in [0.05, 0.1) is 33.0 Å². The number of ether oxygens (including phenoxy) is 3. The molecule has 0 spiro atoms. The maximum absolute atomic E-state index is 8.82. The average molecular weight is 277 g/mol. The first-order chi connectivity index (χ1) is 9.12. The summed E-state index contributed by atoms with van der Waals surface area (Å²) in [6.45, 7) is 9.67. The van der Waals surface area contributed by atoms with E-state index in [9.17, 15) is 0 Å². The quantitative estimate of drug-likeness (QED) is 0.465. The Kier molecular flexibility index (Phi) is 12.7. The molecule has 5 nitrogen and oxygen atoms in total. The Morgan fingerprint density at radius 1 is 1.00 bits per heavy atom. The average Bonchev–Trinajstić information content (AvgIpc) is 2.38. The van der Waals surface area contributed by atoms with Crippen LogP contribution < -0.4 is 5.32 Å². The third kappa shape index (κ3) is 14.0. The highest BCUT2D eigenvalue weighted by Gasteiger charge is 2.16. The highest BCUT2D eigenvalue weighted by molar-refractivity contribution is 4.71. The van der Waals surface area contributed by atoms with Gasteiger partial charge in [0.15, 0.2) is 0 Å². The van der Waals surface area contributed by atoms with Crippen LogP contribution in [0.4, 0.5) is 0 Å². The van der Waals surface area contributed by atoms with Crippen molar-refractivity contribution in [2.75, 3.05) is 59.8 Å². The number of rotatable bonds is 14. The topological polar surface area (TPSA) is 60.0 Å². The Hall–Kier alpha value is -0.200. The molecule has 0 atom stereocenters. The molecule has 116 valence electrons. The van der Waals surface area contributed by atoms with Crippen LogP contribution in [0.25, 0.3) is 0 Å². The maximum Gasteiger partial charge on any atom is 0.0701 e. The molecule has 0 bridgehead atoms. The second-order valence-corrected chi connectivity index (χ2v) is 5.39. The van der Waals surface area contributed by atoms with E-state index in [1.807, 2.05) is 0 Å². The normalized spacial score (nSPS) is 12.0. The molecule has 0 heterocycles. The summed E-state index contributed by atoms with van der Waals surface area (Å²) in [7, 11) is 1.66. The summed E-state index contributed by atoms with van der Waals surface area (Å²) in [4.78, 5) is 0. The molecule has 0 amide bonds. The SMILES string of the molecule is COCCOCCOCCNCC(C)(C)CCCO. The maximum atomic E-state index is 8.82. The van der Waals surface area contributed by atoms with Crippen LogP contribution in [0.2, 0.25) is 0 Å². The zero-order valence-electron chi connectivity index (χ0n) is 12.7. The van der Waals surface area contributed by atoms with Gasteiger partial charge in [-0.3, -0.25) is 0 Å². The first-order valence-corrected chi connectivity index (χ1v) is 7.08. The van der Waals surface area contributed by atoms with Crippen LogP contribution in [0.15, 0.2) is 0 Å². The van der Waals surface area contributed by atoms with E-state index >= 15 is 0 Å². The highest BCUT2D eigenvalue weighted by atomic mass is 16.5. The number of hydrogen-bond donors (Lipinski definition) is 2. The van der Waals surface area contributed by atoms with Gasteiger partial charge in [0, 0.05) is 26.8 Å². The van der Waals surface area contributed by atoms with Gasteiger partial charge in [0.1, 0.15) is 0 Å². The molecule has 19 heavy (non-hydrogen) atoms. The molecular weight excluding hydrogens is 246 g/mol. The molecule has 0 aliphatic carbocycles. The number of hydrogen-bond acceptors (Lipinski definition) is 5. The lowest BCUT2D eigenvalue weighted by atomic mass is 9.88. The monoisotopic (exact) mass is 277 g/mol. The van der Waals surface area contributed by atoms with E-state index in [4.69, 9.17) is 19.3 Å². The molecule has 5 heteroatoms. The summed E-state index contributed by atoms with van der Waals surface area (Å²) < 4.78 is 15.6. The van der Waals surface area contributed by atoms with Crippen molar-refractivity contribution in [1.29, 1.82) is 0 Å². The van der Waals surface area contributed by atoms with Crippen LogP contribution in [0.1, 0.15) is 26.7 Å². The van der Waals surface area contributed by atoms with Gasteiger partial charge in [-0.2, -0.15) is 0 Å². The molecule has 0 aliphatic heterocycles. The Labute approximate surface area is 117 Å². The van der Waals surface area contributed by atoms with Gasteiger partial charge < -0.3 is 24.6 Å². The van der Waals surface area contributed by atoms with Crippen molar-refractivity contribution >= 4 is 0 Å². The van der Waals surface area contributed by atoms with Gasteiger partial charge >= 0.3 is 0 Å². The standard InChI is InChI=1S/C14H31NO4/c1-14(2,5-4-7-16)13-15-6-8-18-11-12-19-10-9-17-3/h15-16H,4-13H2,1-3H3. The number of nitrogens with one attached hydrogen (secondary N) is 1. The Morgan fingerprint density at radius 2 is 1.63 bits per heavy atom. The predicted molar refractivity (Wildman–Crippen MR) is 76.5 cm³/mol. The van der Waals surface area contributed by atoms with Crippen molar-refractivity contribution < 1.29 is 19.3 Å². The molecule has 0 saturated heterocycles. The van der Waals surface area contributed by atoms with Crippen molar-refractivity contribution in [2.24, 2.45) is 5.41 Å². The molecule has 2 N–H and O–H groups in total. The van der Waals surface area contributed by atoms with Crippen LogP contribution in [0.5, 0.6) is 0 Å². The van der Waals surface area contributed by atoms with Crippen LogP contribution in [-0.2, 0) is 14.2 Å². The van der Waals surface area contributed by atoms with Gasteiger partial charge in [-0.15, -0.1) is 0 Å². The van der Waals surface area contributed by atoms with Crippen LogP contribution in [-0.4, -0.2) is 64.9 Å². The van der Waals surface area contributed by atoms with Crippen molar-refractivity contribution in [2.45, 2.75) is 26.7 Å². The highest BCUT2D eigenvalue weighted by Crippen LogP contribution is 2.20. The van der Waals surface area contributed by atoms with Gasteiger partial charge in [-0.25, -0.2) is 0 Å². The Balaban J connectivity index is 3.21. The zero-order valence-corrected chi connectivity index (χ0v) is 12.7. The molecule has 0 saturated carbocycles. The van der Waals surface area contributed by atoms with E-state index in [1.165, 1.54) is 0 Å². The van der Waals surface area contributed by atoms with Crippen molar-refractivity contribution in [3.8, 4) is 0 Å². The summed E-state index contributed by atoms with van der Waals surface area (Å²) in [6.07, 6.45) is 1.90. The molecule has 0 aliphatic rings. The van der Waals surface area contributed by atoms with Crippen molar-refractivity contribution in [3.63, 3.8) is 0 Å². The van der Waals surface area contributed by atoms with E-state index in [0.29, 0.717) is 33.0 Å². The van der Waals surface area contributed by atoms with Gasteiger partial charge in [0.2, 0.25) is 0 Å². The summed E-state index contributed by atoms with van der Waals surface area (Å²) in [5.74, 6) is 0. The fourth-order valence-electron chi connectivity index (χ4n) is 1.68. The van der Waals surface area contributed by atoms with E-state index in [2.05, 4.69) is 19.2 Å². The molecule has 0 radical (unpaired) electrons. The second kappa shape index (κ2) is 12.8. The second-order valence-electron chi connectivity index (χ2n) is 5.39. The van der Waals surface area contributed by atoms with E-state index in [1.54, 1.807) is 7.11 Å². The molecule has 0 aromatic rings. The van der Waals surface area contributed by atoms with Gasteiger partial charge in [-0.1, -0.05) is 13.8 Å². The minimum Gasteiger partial charge on any atom is -0.396 e. The smallest absolute Gasteiger partial charge is 0.0701 e. The molecular formula is C14H31NO4. The lowest BCUT2D eigenvalue weighted by Crippen LogP contribution is -2.32. The van der Waals surface area contributed by atoms with Crippen molar-refractivity contribution in [1.82, 2.24) is 5.32 Å². The summed E-state index contributed by atoms with van der Waals surface area (Å²) in [5.41, 5.74) is 0.228. The molecule has 0 fully saturated rings.